The number of amides is 3. The standard InChI is InChI=1S/C20H30N4O7S/c1-11(20(30)31)22-19(29)16(10-25)24-18(28)15(7-8-32-2)23-17(27)14(21)9-12-3-5-13(26)6-4-12/h3-6,11,14-16,25-26H,7-10,21H2,1-2H3,(H,22,29)(H,23,27)(H,24,28)(H,30,31). The molecule has 1 aromatic carbocycles. The maximum Gasteiger partial charge on any atom is 0.325 e. The Morgan fingerprint density at radius 2 is 1.56 bits per heavy atom. The molecule has 0 aromatic heterocycles. The van der Waals surface area contributed by atoms with Crippen LogP contribution in [0.15, 0.2) is 24.3 Å². The second kappa shape index (κ2) is 13.6. The minimum Gasteiger partial charge on any atom is -0.508 e. The summed E-state index contributed by atoms with van der Waals surface area (Å²) in [7, 11) is 0. The van der Waals surface area contributed by atoms with Gasteiger partial charge in [-0.05, 0) is 49.5 Å². The highest BCUT2D eigenvalue weighted by molar-refractivity contribution is 7.98. The van der Waals surface area contributed by atoms with E-state index >= 15 is 0 Å². The summed E-state index contributed by atoms with van der Waals surface area (Å²) in [5.74, 6) is -2.81. The van der Waals surface area contributed by atoms with E-state index in [0.29, 0.717) is 5.75 Å². The fourth-order valence-electron chi connectivity index (χ4n) is 2.60. The number of thioether (sulfide) groups is 1. The largest absolute Gasteiger partial charge is 0.508 e. The fraction of sp³-hybridized carbons (Fsp3) is 0.500. The van der Waals surface area contributed by atoms with Gasteiger partial charge in [0.2, 0.25) is 17.7 Å². The molecule has 178 valence electrons. The molecule has 0 saturated heterocycles. The lowest BCUT2D eigenvalue weighted by Crippen LogP contribution is -2.58. The molecule has 0 radical (unpaired) electrons. The van der Waals surface area contributed by atoms with Gasteiger partial charge in [0.15, 0.2) is 0 Å². The minimum atomic E-state index is -1.39. The molecule has 0 spiro atoms. The van der Waals surface area contributed by atoms with Crippen molar-refractivity contribution >= 4 is 35.5 Å². The number of aromatic hydroxyl groups is 1. The van der Waals surface area contributed by atoms with E-state index in [-0.39, 0.29) is 18.6 Å². The van der Waals surface area contributed by atoms with Gasteiger partial charge in [-0.15, -0.1) is 0 Å². The van der Waals surface area contributed by atoms with Gasteiger partial charge >= 0.3 is 5.97 Å². The highest BCUT2D eigenvalue weighted by Gasteiger charge is 2.28. The Bertz CT molecular complexity index is 791. The number of carbonyl (C=O) groups excluding carboxylic acids is 3. The topological polar surface area (TPSA) is 191 Å². The van der Waals surface area contributed by atoms with Crippen LogP contribution in [0.1, 0.15) is 18.9 Å². The van der Waals surface area contributed by atoms with Crippen LogP contribution < -0.4 is 21.7 Å². The number of benzene rings is 1. The number of aliphatic hydroxyl groups excluding tert-OH is 1. The number of carboxylic acid groups (broad SMARTS) is 1. The fourth-order valence-corrected chi connectivity index (χ4v) is 3.08. The molecular weight excluding hydrogens is 440 g/mol. The predicted molar refractivity (Wildman–Crippen MR) is 119 cm³/mol. The quantitative estimate of drug-likeness (QED) is 0.181. The van der Waals surface area contributed by atoms with Gasteiger partial charge in [-0.2, -0.15) is 11.8 Å². The first-order chi connectivity index (χ1) is 15.1. The Balaban J connectivity index is 2.78. The van der Waals surface area contributed by atoms with Crippen molar-refractivity contribution in [1.82, 2.24) is 16.0 Å². The van der Waals surface area contributed by atoms with Crippen LogP contribution in [0, 0.1) is 0 Å². The van der Waals surface area contributed by atoms with Gasteiger partial charge in [-0.25, -0.2) is 0 Å². The van der Waals surface area contributed by atoms with E-state index in [9.17, 15) is 29.4 Å². The molecule has 0 fully saturated rings. The third-order valence-corrected chi connectivity index (χ3v) is 5.16. The van der Waals surface area contributed by atoms with Crippen LogP contribution in [0.3, 0.4) is 0 Å². The van der Waals surface area contributed by atoms with Gasteiger partial charge in [0.05, 0.1) is 12.6 Å². The first kappa shape index (κ1) is 27.2. The van der Waals surface area contributed by atoms with Gasteiger partial charge in [-0.1, -0.05) is 12.1 Å². The van der Waals surface area contributed by atoms with E-state index in [0.717, 1.165) is 5.56 Å². The van der Waals surface area contributed by atoms with Crippen molar-refractivity contribution in [3.8, 4) is 5.75 Å². The molecule has 0 saturated carbocycles. The Labute approximate surface area is 190 Å². The summed E-state index contributed by atoms with van der Waals surface area (Å²) in [6.45, 7) is 0.487. The highest BCUT2D eigenvalue weighted by atomic mass is 32.2. The number of phenolic OH excluding ortho intramolecular Hbond substituents is 1. The number of nitrogens with two attached hydrogens (primary N) is 1. The Kier molecular flexibility index (Phi) is 11.5. The highest BCUT2D eigenvalue weighted by Crippen LogP contribution is 2.11. The second-order valence-electron chi connectivity index (χ2n) is 7.13. The number of carboxylic acids is 1. The number of carbonyl (C=O) groups is 4. The third kappa shape index (κ3) is 9.12. The SMILES string of the molecule is CSCCC(NC(=O)C(N)Cc1ccc(O)cc1)C(=O)NC(CO)C(=O)NC(C)C(=O)O. The number of rotatable bonds is 13. The van der Waals surface area contributed by atoms with E-state index < -0.39 is 54.5 Å². The zero-order chi connectivity index (χ0) is 24.3. The number of aliphatic carboxylic acids is 1. The van der Waals surface area contributed by atoms with E-state index in [1.807, 2.05) is 6.26 Å². The van der Waals surface area contributed by atoms with E-state index in [2.05, 4.69) is 16.0 Å². The predicted octanol–water partition coefficient (Wildman–Crippen LogP) is -1.43. The van der Waals surface area contributed by atoms with Crippen LogP contribution in [0.4, 0.5) is 0 Å². The van der Waals surface area contributed by atoms with Crippen LogP contribution in [-0.2, 0) is 25.6 Å². The third-order valence-electron chi connectivity index (χ3n) is 4.52. The normalized spacial score (nSPS) is 14.5. The molecule has 32 heavy (non-hydrogen) atoms. The summed E-state index contributed by atoms with van der Waals surface area (Å²) in [5.41, 5.74) is 6.67. The summed E-state index contributed by atoms with van der Waals surface area (Å²) in [5, 5.41) is 34.7. The van der Waals surface area contributed by atoms with Crippen molar-refractivity contribution in [2.24, 2.45) is 5.73 Å². The smallest absolute Gasteiger partial charge is 0.325 e. The molecule has 8 N–H and O–H groups in total. The van der Waals surface area contributed by atoms with Gasteiger partial charge in [0.1, 0.15) is 23.9 Å². The van der Waals surface area contributed by atoms with Crippen molar-refractivity contribution in [3.63, 3.8) is 0 Å². The zero-order valence-corrected chi connectivity index (χ0v) is 18.7. The van der Waals surface area contributed by atoms with Gasteiger partial charge in [-0.3, -0.25) is 19.2 Å². The maximum absolute atomic E-state index is 12.7. The van der Waals surface area contributed by atoms with Crippen molar-refractivity contribution in [1.29, 1.82) is 0 Å². The van der Waals surface area contributed by atoms with Crippen molar-refractivity contribution < 1.29 is 34.5 Å². The molecule has 0 aliphatic heterocycles. The summed E-state index contributed by atoms with van der Waals surface area (Å²) in [6.07, 6.45) is 2.25. The van der Waals surface area contributed by atoms with Crippen LogP contribution in [-0.4, -0.2) is 81.8 Å². The molecule has 4 atom stereocenters. The number of hydrogen-bond donors (Lipinski definition) is 7. The number of nitrogens with one attached hydrogen (secondary N) is 3. The molecule has 1 aromatic rings. The molecule has 0 aliphatic carbocycles. The molecule has 4 unspecified atom stereocenters. The monoisotopic (exact) mass is 470 g/mol. The van der Waals surface area contributed by atoms with Crippen LogP contribution >= 0.6 is 11.8 Å². The van der Waals surface area contributed by atoms with Crippen molar-refractivity contribution in [2.45, 2.75) is 43.9 Å². The molecule has 0 bridgehead atoms. The van der Waals surface area contributed by atoms with E-state index in [4.69, 9.17) is 10.8 Å². The lowest BCUT2D eigenvalue weighted by Gasteiger charge is -2.23. The van der Waals surface area contributed by atoms with E-state index in [1.54, 1.807) is 12.1 Å². The molecule has 0 heterocycles. The zero-order valence-electron chi connectivity index (χ0n) is 17.9. The van der Waals surface area contributed by atoms with E-state index in [1.165, 1.54) is 30.8 Å². The lowest BCUT2D eigenvalue weighted by atomic mass is 10.0. The van der Waals surface area contributed by atoms with Crippen LogP contribution in [0.2, 0.25) is 0 Å². The summed E-state index contributed by atoms with van der Waals surface area (Å²) >= 11 is 1.45. The number of hydrogen-bond acceptors (Lipinski definition) is 8. The molecule has 12 heteroatoms. The van der Waals surface area contributed by atoms with Gasteiger partial charge < -0.3 is 37.0 Å². The van der Waals surface area contributed by atoms with Crippen LogP contribution in [0.5, 0.6) is 5.75 Å². The average molecular weight is 471 g/mol. The number of phenols is 1. The molecule has 1 rings (SSSR count). The second-order valence-corrected chi connectivity index (χ2v) is 8.12. The molecule has 0 aliphatic rings. The Morgan fingerprint density at radius 3 is 2.09 bits per heavy atom. The summed E-state index contributed by atoms with van der Waals surface area (Å²) in [4.78, 5) is 48.2. The first-order valence-electron chi connectivity index (χ1n) is 9.86. The van der Waals surface area contributed by atoms with Crippen molar-refractivity contribution in [3.05, 3.63) is 29.8 Å². The molecule has 3 amide bonds. The molecule has 11 nitrogen and oxygen atoms in total. The molecular formula is C20H30N4O7S. The Morgan fingerprint density at radius 1 is 1.00 bits per heavy atom. The number of aliphatic hydroxyl groups is 1. The lowest BCUT2D eigenvalue weighted by molar-refractivity contribution is -0.142. The van der Waals surface area contributed by atoms with Gasteiger partial charge in [0, 0.05) is 0 Å². The first-order valence-corrected chi connectivity index (χ1v) is 11.3. The average Bonchev–Trinajstić information content (AvgIpc) is 2.75. The minimum absolute atomic E-state index is 0.0841. The summed E-state index contributed by atoms with van der Waals surface area (Å²) < 4.78 is 0. The van der Waals surface area contributed by atoms with Gasteiger partial charge in [0.25, 0.3) is 0 Å². The Hall–Kier alpha value is -2.83. The van der Waals surface area contributed by atoms with Crippen LogP contribution in [0.25, 0.3) is 0 Å². The maximum atomic E-state index is 12.7. The summed E-state index contributed by atoms with van der Waals surface area (Å²) in [6, 6.07) is 1.63. The van der Waals surface area contributed by atoms with Crippen molar-refractivity contribution in [2.75, 3.05) is 18.6 Å².